The van der Waals surface area contributed by atoms with Crippen molar-refractivity contribution in [1.29, 1.82) is 0 Å². The van der Waals surface area contributed by atoms with Crippen molar-refractivity contribution >= 4 is 11.8 Å². The van der Waals surface area contributed by atoms with Gasteiger partial charge in [0, 0.05) is 33.2 Å². The Balaban J connectivity index is 1.84. The van der Waals surface area contributed by atoms with Crippen LogP contribution in [0.5, 0.6) is 0 Å². The van der Waals surface area contributed by atoms with Gasteiger partial charge in [0.05, 0.1) is 6.54 Å². The number of nitrogens with one attached hydrogen (secondary N) is 3. The SMILES string of the molecule is CNC(=O)C1CNCCN1CC(=O)NCc1ccccc1. The first-order valence-electron chi connectivity index (χ1n) is 7.17. The monoisotopic (exact) mass is 290 g/mol. The molecule has 0 radical (unpaired) electrons. The average Bonchev–Trinajstić information content (AvgIpc) is 2.54. The Morgan fingerprint density at radius 3 is 2.81 bits per heavy atom. The molecule has 114 valence electrons. The van der Waals surface area contributed by atoms with Gasteiger partial charge < -0.3 is 16.0 Å². The normalized spacial score (nSPS) is 19.0. The Kier molecular flexibility index (Phi) is 5.71. The molecule has 1 unspecified atom stereocenters. The molecule has 1 fully saturated rings. The molecule has 2 rings (SSSR count). The zero-order valence-electron chi connectivity index (χ0n) is 12.3. The summed E-state index contributed by atoms with van der Waals surface area (Å²) in [5.74, 6) is -0.118. The number of rotatable bonds is 5. The van der Waals surface area contributed by atoms with Gasteiger partial charge in [-0.3, -0.25) is 14.5 Å². The van der Waals surface area contributed by atoms with E-state index in [0.29, 0.717) is 19.6 Å². The molecule has 1 aliphatic rings. The standard InChI is InChI=1S/C15H22N4O2/c1-16-15(21)13-10-17-7-8-19(13)11-14(20)18-9-12-5-3-2-4-6-12/h2-6,13,17H,7-11H2,1H3,(H,16,21)(H,18,20). The van der Waals surface area contributed by atoms with Gasteiger partial charge in [0.15, 0.2) is 0 Å². The summed E-state index contributed by atoms with van der Waals surface area (Å²) in [6.45, 7) is 2.81. The third kappa shape index (κ3) is 4.54. The molecule has 1 atom stereocenters. The summed E-state index contributed by atoms with van der Waals surface area (Å²) in [4.78, 5) is 25.8. The summed E-state index contributed by atoms with van der Waals surface area (Å²) in [7, 11) is 1.62. The highest BCUT2D eigenvalue weighted by atomic mass is 16.2. The first-order valence-corrected chi connectivity index (χ1v) is 7.17. The summed E-state index contributed by atoms with van der Waals surface area (Å²) >= 11 is 0. The minimum atomic E-state index is -0.286. The molecule has 1 aromatic rings. The van der Waals surface area contributed by atoms with Crippen molar-refractivity contribution in [3.05, 3.63) is 35.9 Å². The average molecular weight is 290 g/mol. The first-order chi connectivity index (χ1) is 10.2. The van der Waals surface area contributed by atoms with Crippen molar-refractivity contribution in [2.75, 3.05) is 33.2 Å². The second-order valence-corrected chi connectivity index (χ2v) is 5.07. The number of likely N-dealkylation sites (N-methyl/N-ethyl adjacent to an activating group) is 1. The predicted octanol–water partition coefficient (Wildman–Crippen LogP) is -0.677. The molecule has 0 spiro atoms. The van der Waals surface area contributed by atoms with Crippen LogP contribution in [0.15, 0.2) is 30.3 Å². The molecule has 2 amide bonds. The summed E-state index contributed by atoms with van der Waals surface area (Å²) in [6, 6.07) is 9.49. The van der Waals surface area contributed by atoms with Gasteiger partial charge in [0.1, 0.15) is 6.04 Å². The fourth-order valence-electron chi connectivity index (χ4n) is 2.40. The maximum absolute atomic E-state index is 12.0. The third-order valence-corrected chi connectivity index (χ3v) is 3.58. The lowest BCUT2D eigenvalue weighted by atomic mass is 10.1. The quantitative estimate of drug-likeness (QED) is 0.672. The summed E-state index contributed by atoms with van der Waals surface area (Å²) in [5, 5.41) is 8.71. The highest BCUT2D eigenvalue weighted by Crippen LogP contribution is 2.03. The van der Waals surface area contributed by atoms with E-state index >= 15 is 0 Å². The number of benzene rings is 1. The zero-order chi connectivity index (χ0) is 15.1. The number of hydrogen-bond acceptors (Lipinski definition) is 4. The zero-order valence-corrected chi connectivity index (χ0v) is 12.3. The molecule has 1 saturated heterocycles. The molecule has 6 heteroatoms. The van der Waals surface area contributed by atoms with E-state index in [9.17, 15) is 9.59 Å². The number of piperazine rings is 1. The third-order valence-electron chi connectivity index (χ3n) is 3.58. The highest BCUT2D eigenvalue weighted by Gasteiger charge is 2.28. The Morgan fingerprint density at radius 1 is 1.33 bits per heavy atom. The van der Waals surface area contributed by atoms with Gasteiger partial charge in [-0.05, 0) is 5.56 Å². The maximum atomic E-state index is 12.0. The van der Waals surface area contributed by atoms with E-state index in [0.717, 1.165) is 12.1 Å². The van der Waals surface area contributed by atoms with Gasteiger partial charge in [-0.1, -0.05) is 30.3 Å². The van der Waals surface area contributed by atoms with Crippen LogP contribution in [0.1, 0.15) is 5.56 Å². The molecule has 0 aliphatic carbocycles. The summed E-state index contributed by atoms with van der Waals surface area (Å²) < 4.78 is 0. The van der Waals surface area contributed by atoms with E-state index in [4.69, 9.17) is 0 Å². The van der Waals surface area contributed by atoms with Crippen LogP contribution >= 0.6 is 0 Å². The van der Waals surface area contributed by atoms with Crippen molar-refractivity contribution in [2.24, 2.45) is 0 Å². The van der Waals surface area contributed by atoms with E-state index in [2.05, 4.69) is 16.0 Å². The first kappa shape index (κ1) is 15.5. The van der Waals surface area contributed by atoms with Crippen LogP contribution in [0.25, 0.3) is 0 Å². The van der Waals surface area contributed by atoms with Crippen LogP contribution < -0.4 is 16.0 Å². The molecule has 1 heterocycles. The lowest BCUT2D eigenvalue weighted by Gasteiger charge is -2.34. The minimum absolute atomic E-state index is 0.0574. The number of hydrogen-bond donors (Lipinski definition) is 3. The topological polar surface area (TPSA) is 73.5 Å². The Bertz CT molecular complexity index is 478. The van der Waals surface area contributed by atoms with Gasteiger partial charge in [0.2, 0.25) is 11.8 Å². The van der Waals surface area contributed by atoms with Crippen molar-refractivity contribution in [1.82, 2.24) is 20.9 Å². The van der Waals surface area contributed by atoms with Crippen LogP contribution in [0, 0.1) is 0 Å². The van der Waals surface area contributed by atoms with Crippen molar-refractivity contribution in [2.45, 2.75) is 12.6 Å². The van der Waals surface area contributed by atoms with Gasteiger partial charge in [-0.15, -0.1) is 0 Å². The van der Waals surface area contributed by atoms with E-state index in [1.807, 2.05) is 35.2 Å². The second kappa shape index (κ2) is 7.75. The molecule has 0 aromatic heterocycles. The predicted molar refractivity (Wildman–Crippen MR) is 80.6 cm³/mol. The molecule has 1 aliphatic heterocycles. The van der Waals surface area contributed by atoms with Crippen LogP contribution in [0.2, 0.25) is 0 Å². The molecule has 3 N–H and O–H groups in total. The van der Waals surface area contributed by atoms with Crippen molar-refractivity contribution in [3.8, 4) is 0 Å². The molecule has 0 saturated carbocycles. The molecular weight excluding hydrogens is 268 g/mol. The number of carbonyl (C=O) groups is 2. The maximum Gasteiger partial charge on any atom is 0.238 e. The van der Waals surface area contributed by atoms with E-state index in [1.54, 1.807) is 7.05 Å². The van der Waals surface area contributed by atoms with Crippen molar-refractivity contribution < 1.29 is 9.59 Å². The fourth-order valence-corrected chi connectivity index (χ4v) is 2.40. The van der Waals surface area contributed by atoms with E-state index in [1.165, 1.54) is 0 Å². The van der Waals surface area contributed by atoms with Gasteiger partial charge in [0.25, 0.3) is 0 Å². The Labute approximate surface area is 124 Å². The number of nitrogens with zero attached hydrogens (tertiary/aromatic N) is 1. The second-order valence-electron chi connectivity index (χ2n) is 5.07. The largest absolute Gasteiger partial charge is 0.358 e. The summed E-state index contributed by atoms with van der Waals surface area (Å²) in [5.41, 5.74) is 1.06. The van der Waals surface area contributed by atoms with Crippen LogP contribution in [-0.4, -0.2) is 56.0 Å². The summed E-state index contributed by atoms with van der Waals surface area (Å²) in [6.07, 6.45) is 0. The smallest absolute Gasteiger partial charge is 0.238 e. The molecule has 21 heavy (non-hydrogen) atoms. The minimum Gasteiger partial charge on any atom is -0.358 e. The molecule has 6 nitrogen and oxygen atoms in total. The molecule has 1 aromatic carbocycles. The molecule has 0 bridgehead atoms. The van der Waals surface area contributed by atoms with Crippen LogP contribution in [0.4, 0.5) is 0 Å². The van der Waals surface area contributed by atoms with Gasteiger partial charge in [-0.25, -0.2) is 0 Å². The fraction of sp³-hybridized carbons (Fsp3) is 0.467. The van der Waals surface area contributed by atoms with Crippen LogP contribution in [0.3, 0.4) is 0 Å². The van der Waals surface area contributed by atoms with E-state index in [-0.39, 0.29) is 24.4 Å². The Morgan fingerprint density at radius 2 is 2.10 bits per heavy atom. The van der Waals surface area contributed by atoms with Gasteiger partial charge in [-0.2, -0.15) is 0 Å². The number of carbonyl (C=O) groups excluding carboxylic acids is 2. The van der Waals surface area contributed by atoms with E-state index < -0.39 is 0 Å². The number of amides is 2. The lowest BCUT2D eigenvalue weighted by molar-refractivity contribution is -0.129. The van der Waals surface area contributed by atoms with Crippen molar-refractivity contribution in [3.63, 3.8) is 0 Å². The lowest BCUT2D eigenvalue weighted by Crippen LogP contribution is -2.59. The highest BCUT2D eigenvalue weighted by molar-refractivity contribution is 5.83. The molecular formula is C15H22N4O2. The van der Waals surface area contributed by atoms with Gasteiger partial charge >= 0.3 is 0 Å². The van der Waals surface area contributed by atoms with Crippen LogP contribution in [-0.2, 0) is 16.1 Å². The Hall–Kier alpha value is -1.92.